The summed E-state index contributed by atoms with van der Waals surface area (Å²) in [7, 11) is 0. The minimum absolute atomic E-state index is 0.153. The summed E-state index contributed by atoms with van der Waals surface area (Å²) >= 11 is 0. The predicted molar refractivity (Wildman–Crippen MR) is 160 cm³/mol. The number of nitrogens with one attached hydrogen (secondary N) is 2. The highest BCUT2D eigenvalue weighted by Crippen LogP contribution is 2.30. The summed E-state index contributed by atoms with van der Waals surface area (Å²) in [6, 6.07) is 22.3. The second-order valence-corrected chi connectivity index (χ2v) is 11.8. The molecule has 0 radical (unpaired) electrons. The summed E-state index contributed by atoms with van der Waals surface area (Å²) in [6.45, 7) is 10.2. The van der Waals surface area contributed by atoms with Gasteiger partial charge in [-0.15, -0.1) is 0 Å². The van der Waals surface area contributed by atoms with E-state index in [1.807, 2.05) is 30.3 Å². The highest BCUT2D eigenvalue weighted by molar-refractivity contribution is 6.06. The minimum atomic E-state index is -0.291. The molecule has 4 aromatic rings. The van der Waals surface area contributed by atoms with Crippen LogP contribution in [0.4, 0.5) is 16.3 Å². The first-order chi connectivity index (χ1) is 18.8. The fraction of sp³-hybridized carbons (Fsp3) is 0.394. The second kappa shape index (κ2) is 11.6. The van der Waals surface area contributed by atoms with Crippen LogP contribution >= 0.6 is 0 Å². The Morgan fingerprint density at radius 3 is 2.41 bits per heavy atom. The molecule has 5 rings (SSSR count). The van der Waals surface area contributed by atoms with E-state index in [0.717, 1.165) is 48.0 Å². The lowest BCUT2D eigenvalue weighted by atomic mass is 9.92. The van der Waals surface area contributed by atoms with E-state index < -0.39 is 0 Å². The van der Waals surface area contributed by atoms with E-state index in [1.165, 1.54) is 42.2 Å². The molecule has 39 heavy (non-hydrogen) atoms. The van der Waals surface area contributed by atoms with Gasteiger partial charge in [0.05, 0.1) is 17.1 Å². The quantitative estimate of drug-likeness (QED) is 0.257. The molecule has 1 aliphatic rings. The molecule has 2 heterocycles. The number of aryl methyl sites for hydroxylation is 2. The van der Waals surface area contributed by atoms with Crippen molar-refractivity contribution in [2.24, 2.45) is 5.92 Å². The van der Waals surface area contributed by atoms with Crippen LogP contribution in [0.3, 0.4) is 0 Å². The second-order valence-electron chi connectivity index (χ2n) is 11.8. The Morgan fingerprint density at radius 1 is 0.974 bits per heavy atom. The zero-order valence-corrected chi connectivity index (χ0v) is 23.6. The van der Waals surface area contributed by atoms with Crippen molar-refractivity contribution in [3.63, 3.8) is 0 Å². The number of carbonyl (C=O) groups excluding carboxylic acids is 1. The molecule has 2 amide bonds. The van der Waals surface area contributed by atoms with Crippen molar-refractivity contribution in [1.29, 1.82) is 0 Å². The lowest BCUT2D eigenvalue weighted by Crippen LogP contribution is -2.21. The number of rotatable bonds is 7. The van der Waals surface area contributed by atoms with E-state index >= 15 is 0 Å². The summed E-state index contributed by atoms with van der Waals surface area (Å²) in [4.78, 5) is 13.3. The van der Waals surface area contributed by atoms with Crippen LogP contribution in [0.5, 0.6) is 0 Å². The Morgan fingerprint density at radius 2 is 1.69 bits per heavy atom. The molecule has 6 nitrogen and oxygen atoms in total. The molecule has 0 aliphatic carbocycles. The first-order valence-electron chi connectivity index (χ1n) is 14.1. The highest BCUT2D eigenvalue weighted by atomic mass is 16.5. The monoisotopic (exact) mass is 524 g/mol. The number of ether oxygens (including phenoxy) is 1. The maximum atomic E-state index is 13.3. The van der Waals surface area contributed by atoms with Crippen molar-refractivity contribution in [3.05, 3.63) is 83.6 Å². The predicted octanol–water partition coefficient (Wildman–Crippen LogP) is 8.02. The summed E-state index contributed by atoms with van der Waals surface area (Å²) in [5.41, 5.74) is 4.97. The molecule has 204 valence electrons. The number of fused-ring (bicyclic) bond motifs is 1. The fourth-order valence-electron chi connectivity index (χ4n) is 5.29. The maximum Gasteiger partial charge on any atom is 0.324 e. The number of hydrogen-bond acceptors (Lipinski definition) is 3. The third-order valence-electron chi connectivity index (χ3n) is 7.66. The fourth-order valence-corrected chi connectivity index (χ4v) is 5.29. The summed E-state index contributed by atoms with van der Waals surface area (Å²) in [5.74, 6) is 1.41. The molecule has 0 atom stereocenters. The van der Waals surface area contributed by atoms with Gasteiger partial charge >= 0.3 is 6.03 Å². The van der Waals surface area contributed by atoms with E-state index in [4.69, 9.17) is 9.84 Å². The van der Waals surface area contributed by atoms with Crippen LogP contribution in [0, 0.1) is 12.8 Å². The van der Waals surface area contributed by atoms with Crippen LogP contribution in [0.25, 0.3) is 16.5 Å². The number of amides is 2. The van der Waals surface area contributed by atoms with E-state index in [9.17, 15) is 4.79 Å². The molecular formula is C33H40N4O2. The van der Waals surface area contributed by atoms with E-state index in [1.54, 1.807) is 4.68 Å². The van der Waals surface area contributed by atoms with Gasteiger partial charge in [0.25, 0.3) is 0 Å². The molecule has 3 aromatic carbocycles. The van der Waals surface area contributed by atoms with Crippen LogP contribution in [-0.2, 0) is 16.6 Å². The van der Waals surface area contributed by atoms with Crippen molar-refractivity contribution in [2.45, 2.75) is 65.2 Å². The highest BCUT2D eigenvalue weighted by Gasteiger charge is 2.22. The molecule has 1 aliphatic heterocycles. The summed E-state index contributed by atoms with van der Waals surface area (Å²) < 4.78 is 7.31. The Balaban J connectivity index is 1.33. The largest absolute Gasteiger partial charge is 0.381 e. The van der Waals surface area contributed by atoms with Gasteiger partial charge in [0.2, 0.25) is 0 Å². The maximum absolute atomic E-state index is 13.3. The molecule has 6 heteroatoms. The summed E-state index contributed by atoms with van der Waals surface area (Å²) in [5, 5.41) is 13.2. The minimum Gasteiger partial charge on any atom is -0.381 e. The smallest absolute Gasteiger partial charge is 0.324 e. The van der Waals surface area contributed by atoms with Gasteiger partial charge < -0.3 is 10.1 Å². The average Bonchev–Trinajstić information content (AvgIpc) is 3.35. The number of hydrogen-bond donors (Lipinski definition) is 2. The Hall–Kier alpha value is -3.64. The van der Waals surface area contributed by atoms with Crippen molar-refractivity contribution in [2.75, 3.05) is 23.8 Å². The third kappa shape index (κ3) is 6.51. The van der Waals surface area contributed by atoms with Crippen molar-refractivity contribution in [3.8, 4) is 5.69 Å². The van der Waals surface area contributed by atoms with Crippen LogP contribution in [0.1, 0.15) is 63.3 Å². The van der Waals surface area contributed by atoms with Gasteiger partial charge in [-0.05, 0) is 74.1 Å². The Kier molecular flexibility index (Phi) is 8.03. The molecule has 0 saturated carbocycles. The number of anilines is 2. The van der Waals surface area contributed by atoms with Crippen molar-refractivity contribution in [1.82, 2.24) is 9.78 Å². The molecular weight excluding hydrogens is 484 g/mol. The van der Waals surface area contributed by atoms with Crippen LogP contribution in [0.2, 0.25) is 0 Å². The molecule has 0 spiro atoms. The van der Waals surface area contributed by atoms with Crippen LogP contribution < -0.4 is 10.6 Å². The first kappa shape index (κ1) is 26.9. The van der Waals surface area contributed by atoms with Gasteiger partial charge in [-0.3, -0.25) is 5.32 Å². The Bertz CT molecular complexity index is 1430. The van der Waals surface area contributed by atoms with Crippen molar-refractivity contribution >= 4 is 28.3 Å². The molecule has 0 bridgehead atoms. The SMILES string of the molecule is Cc1ccc(-n2nc(C(C)(C)C)cc2NC(=O)Nc2ccc(CCCC3CCOCC3)c3ccccc23)cc1. The van der Waals surface area contributed by atoms with Crippen LogP contribution in [0.15, 0.2) is 66.7 Å². The zero-order chi connectivity index (χ0) is 27.4. The summed E-state index contributed by atoms with van der Waals surface area (Å²) in [6.07, 6.45) is 5.81. The zero-order valence-electron chi connectivity index (χ0n) is 23.6. The number of benzene rings is 3. The number of aromatic nitrogens is 2. The average molecular weight is 525 g/mol. The first-order valence-corrected chi connectivity index (χ1v) is 14.1. The number of nitrogens with zero attached hydrogens (tertiary/aromatic N) is 2. The molecule has 2 N–H and O–H groups in total. The lowest BCUT2D eigenvalue weighted by Gasteiger charge is -2.22. The topological polar surface area (TPSA) is 68.2 Å². The van der Waals surface area contributed by atoms with Gasteiger partial charge in [-0.2, -0.15) is 5.10 Å². The number of carbonyl (C=O) groups is 1. The van der Waals surface area contributed by atoms with Gasteiger partial charge in [-0.1, -0.05) is 68.8 Å². The molecule has 1 fully saturated rings. The number of urea groups is 1. The third-order valence-corrected chi connectivity index (χ3v) is 7.66. The molecule has 1 saturated heterocycles. The van der Waals surface area contributed by atoms with E-state index in [0.29, 0.717) is 5.82 Å². The van der Waals surface area contributed by atoms with Gasteiger partial charge in [0.15, 0.2) is 0 Å². The van der Waals surface area contributed by atoms with E-state index in [2.05, 4.69) is 74.7 Å². The molecule has 1 aromatic heterocycles. The van der Waals surface area contributed by atoms with Gasteiger partial charge in [-0.25, -0.2) is 9.48 Å². The van der Waals surface area contributed by atoms with Crippen molar-refractivity contribution < 1.29 is 9.53 Å². The van der Waals surface area contributed by atoms with Gasteiger partial charge in [0, 0.05) is 30.1 Å². The lowest BCUT2D eigenvalue weighted by molar-refractivity contribution is 0.0633. The molecule has 0 unspecified atom stereocenters. The van der Waals surface area contributed by atoms with Gasteiger partial charge in [0.1, 0.15) is 5.82 Å². The normalized spacial score (nSPS) is 14.5. The van der Waals surface area contributed by atoms with Crippen LogP contribution in [-0.4, -0.2) is 29.0 Å². The Labute approximate surface area is 231 Å². The van der Waals surface area contributed by atoms with E-state index in [-0.39, 0.29) is 11.4 Å². The standard InChI is InChI=1S/C33H40N4O2/c1-23-12-15-26(16-13-23)37-31(22-30(36-37)33(2,3)4)35-32(38)34-29-17-14-25(27-10-5-6-11-28(27)29)9-7-8-24-18-20-39-21-19-24/h5-6,10-17,22,24H,7-9,18-21H2,1-4H3,(H2,34,35,38).